The maximum Gasteiger partial charge on any atom is 0.205 e. The van der Waals surface area contributed by atoms with Crippen LogP contribution in [0.1, 0.15) is 5.76 Å². The largest absolute Gasteiger partial charge is 0.490 e. The van der Waals surface area contributed by atoms with Gasteiger partial charge in [0.15, 0.2) is 11.6 Å². The maximum atomic E-state index is 5.32. The van der Waals surface area contributed by atoms with Crippen molar-refractivity contribution in [2.75, 3.05) is 17.9 Å². The summed E-state index contributed by atoms with van der Waals surface area (Å²) in [6.45, 7) is 0.504. The van der Waals surface area contributed by atoms with Crippen molar-refractivity contribution < 1.29 is 9.15 Å². The number of anilines is 2. The lowest BCUT2D eigenvalue weighted by atomic mass is 10.4. The zero-order chi connectivity index (χ0) is 12.1. The molecule has 90 valence electrons. The summed E-state index contributed by atoms with van der Waals surface area (Å²) in [7, 11) is 1.53. The summed E-state index contributed by atoms with van der Waals surface area (Å²) in [5.74, 6) is 7.55. The van der Waals surface area contributed by atoms with E-state index in [1.54, 1.807) is 6.26 Å². The van der Waals surface area contributed by atoms with Crippen molar-refractivity contribution in [3.8, 4) is 5.75 Å². The highest BCUT2D eigenvalue weighted by atomic mass is 16.5. The van der Waals surface area contributed by atoms with E-state index >= 15 is 0 Å². The number of hydrogen-bond acceptors (Lipinski definition) is 7. The molecule has 7 nitrogen and oxygen atoms in total. The average Bonchev–Trinajstić information content (AvgIpc) is 2.88. The number of aromatic nitrogens is 2. The molecule has 0 unspecified atom stereocenters. The normalized spacial score (nSPS) is 10.0. The van der Waals surface area contributed by atoms with Gasteiger partial charge >= 0.3 is 0 Å². The standard InChI is InChI=1S/C10H13N5O2/c1-16-8-9(13-6-14-10(8)15-11)12-5-7-3-2-4-17-7/h2-4,6H,5,11H2,1H3,(H2,12,13,14,15). The van der Waals surface area contributed by atoms with Crippen molar-refractivity contribution >= 4 is 11.6 Å². The van der Waals surface area contributed by atoms with Gasteiger partial charge in [-0.05, 0) is 12.1 Å². The molecule has 0 spiro atoms. The van der Waals surface area contributed by atoms with Crippen molar-refractivity contribution in [3.05, 3.63) is 30.5 Å². The molecule has 0 saturated heterocycles. The Morgan fingerprint density at radius 2 is 2.24 bits per heavy atom. The van der Waals surface area contributed by atoms with Gasteiger partial charge < -0.3 is 19.9 Å². The Morgan fingerprint density at radius 3 is 2.88 bits per heavy atom. The summed E-state index contributed by atoms with van der Waals surface area (Å²) in [6.07, 6.45) is 3.00. The molecular weight excluding hydrogens is 222 g/mol. The summed E-state index contributed by atoms with van der Waals surface area (Å²) < 4.78 is 10.4. The first kappa shape index (κ1) is 11.2. The second-order valence-electron chi connectivity index (χ2n) is 3.18. The fraction of sp³-hybridized carbons (Fsp3) is 0.200. The predicted molar refractivity (Wildman–Crippen MR) is 62.4 cm³/mol. The molecule has 2 aromatic heterocycles. The van der Waals surface area contributed by atoms with E-state index in [2.05, 4.69) is 20.7 Å². The number of furan rings is 1. The fourth-order valence-corrected chi connectivity index (χ4v) is 1.38. The van der Waals surface area contributed by atoms with Crippen LogP contribution in [0.3, 0.4) is 0 Å². The van der Waals surface area contributed by atoms with Crippen LogP contribution in [-0.4, -0.2) is 17.1 Å². The molecular formula is C10H13N5O2. The Labute approximate surface area is 98.0 Å². The van der Waals surface area contributed by atoms with Gasteiger partial charge in [-0.15, -0.1) is 0 Å². The third-order valence-corrected chi connectivity index (χ3v) is 2.15. The summed E-state index contributed by atoms with van der Waals surface area (Å²) >= 11 is 0. The summed E-state index contributed by atoms with van der Waals surface area (Å²) in [5.41, 5.74) is 2.44. The molecule has 0 amide bonds. The molecule has 0 radical (unpaired) electrons. The van der Waals surface area contributed by atoms with Crippen molar-refractivity contribution in [2.45, 2.75) is 6.54 Å². The third kappa shape index (κ3) is 2.45. The highest BCUT2D eigenvalue weighted by molar-refractivity contribution is 5.62. The summed E-state index contributed by atoms with van der Waals surface area (Å²) in [4.78, 5) is 8.01. The van der Waals surface area contributed by atoms with Crippen molar-refractivity contribution in [2.24, 2.45) is 5.84 Å². The number of methoxy groups -OCH3 is 1. The molecule has 0 aliphatic carbocycles. The van der Waals surface area contributed by atoms with E-state index in [-0.39, 0.29) is 0 Å². The van der Waals surface area contributed by atoms with Crippen molar-refractivity contribution in [3.63, 3.8) is 0 Å². The zero-order valence-corrected chi connectivity index (χ0v) is 9.30. The van der Waals surface area contributed by atoms with Gasteiger partial charge in [0.25, 0.3) is 0 Å². The van der Waals surface area contributed by atoms with Gasteiger partial charge in [0.2, 0.25) is 5.75 Å². The van der Waals surface area contributed by atoms with E-state index in [1.165, 1.54) is 13.4 Å². The molecule has 0 aliphatic heterocycles. The van der Waals surface area contributed by atoms with Crippen LogP contribution in [0.4, 0.5) is 11.6 Å². The molecule has 0 saturated carbocycles. The molecule has 7 heteroatoms. The monoisotopic (exact) mass is 235 g/mol. The van der Waals surface area contributed by atoms with Crippen LogP contribution in [0, 0.1) is 0 Å². The predicted octanol–water partition coefficient (Wildman–Crippen LogP) is 0.976. The van der Waals surface area contributed by atoms with Crippen LogP contribution >= 0.6 is 0 Å². The number of nitrogens with two attached hydrogens (primary N) is 1. The van der Waals surface area contributed by atoms with Crippen molar-refractivity contribution in [1.29, 1.82) is 0 Å². The van der Waals surface area contributed by atoms with Crippen molar-refractivity contribution in [1.82, 2.24) is 9.97 Å². The fourth-order valence-electron chi connectivity index (χ4n) is 1.38. The molecule has 2 aromatic rings. The van der Waals surface area contributed by atoms with Crippen LogP contribution in [0.25, 0.3) is 0 Å². The molecule has 2 heterocycles. The first-order valence-electron chi connectivity index (χ1n) is 4.97. The van der Waals surface area contributed by atoms with Crippen LogP contribution in [0.15, 0.2) is 29.1 Å². The number of nitrogens with one attached hydrogen (secondary N) is 2. The van der Waals surface area contributed by atoms with Crippen LogP contribution < -0.4 is 21.3 Å². The number of hydrogen-bond donors (Lipinski definition) is 3. The first-order valence-corrected chi connectivity index (χ1v) is 4.97. The number of nitrogen functional groups attached to an aromatic ring is 1. The van der Waals surface area contributed by atoms with E-state index < -0.39 is 0 Å². The second kappa shape index (κ2) is 5.17. The molecule has 0 aliphatic rings. The number of nitrogens with zero attached hydrogens (tertiary/aromatic N) is 2. The number of ether oxygens (including phenoxy) is 1. The molecule has 17 heavy (non-hydrogen) atoms. The summed E-state index contributed by atoms with van der Waals surface area (Å²) in [5, 5.41) is 3.08. The molecule has 4 N–H and O–H groups in total. The van der Waals surface area contributed by atoms with Gasteiger partial charge in [-0.3, -0.25) is 0 Å². The molecule has 0 fully saturated rings. The van der Waals surface area contributed by atoms with Gasteiger partial charge in [-0.1, -0.05) is 0 Å². The van der Waals surface area contributed by atoms with Gasteiger partial charge in [-0.25, -0.2) is 15.8 Å². The lowest BCUT2D eigenvalue weighted by Crippen LogP contribution is -2.12. The molecule has 2 rings (SSSR count). The molecule has 0 atom stereocenters. The average molecular weight is 235 g/mol. The first-order chi connectivity index (χ1) is 8.35. The van der Waals surface area contributed by atoms with Crippen LogP contribution in [0.2, 0.25) is 0 Å². The third-order valence-electron chi connectivity index (χ3n) is 2.15. The van der Waals surface area contributed by atoms with E-state index in [1.807, 2.05) is 12.1 Å². The highest BCUT2D eigenvalue weighted by Gasteiger charge is 2.10. The van der Waals surface area contributed by atoms with Gasteiger partial charge in [0, 0.05) is 0 Å². The SMILES string of the molecule is COc1c(NN)ncnc1NCc1ccco1. The van der Waals surface area contributed by atoms with Crippen LogP contribution in [-0.2, 0) is 6.54 Å². The summed E-state index contributed by atoms with van der Waals surface area (Å²) in [6, 6.07) is 3.68. The topological polar surface area (TPSA) is 98.2 Å². The van der Waals surface area contributed by atoms with E-state index in [0.29, 0.717) is 23.9 Å². The maximum absolute atomic E-state index is 5.32. The van der Waals surface area contributed by atoms with Crippen LogP contribution in [0.5, 0.6) is 5.75 Å². The minimum Gasteiger partial charge on any atom is -0.490 e. The highest BCUT2D eigenvalue weighted by Crippen LogP contribution is 2.28. The Hall–Kier alpha value is -2.28. The quantitative estimate of drug-likeness (QED) is 0.524. The minimum atomic E-state index is 0.421. The Bertz CT molecular complexity index is 472. The smallest absolute Gasteiger partial charge is 0.205 e. The second-order valence-corrected chi connectivity index (χ2v) is 3.18. The van der Waals surface area contributed by atoms with Gasteiger partial charge in [0.05, 0.1) is 19.9 Å². The van der Waals surface area contributed by atoms with Gasteiger partial charge in [-0.2, -0.15) is 0 Å². The van der Waals surface area contributed by atoms with Gasteiger partial charge in [0.1, 0.15) is 12.1 Å². The Kier molecular flexibility index (Phi) is 3.41. The van der Waals surface area contributed by atoms with E-state index in [9.17, 15) is 0 Å². The zero-order valence-electron chi connectivity index (χ0n) is 9.30. The number of rotatable bonds is 5. The lowest BCUT2D eigenvalue weighted by molar-refractivity contribution is 0.414. The Balaban J connectivity index is 2.14. The molecule has 0 bridgehead atoms. The number of hydrazine groups is 1. The minimum absolute atomic E-state index is 0.421. The Morgan fingerprint density at radius 1 is 1.41 bits per heavy atom. The van der Waals surface area contributed by atoms with E-state index in [4.69, 9.17) is 15.0 Å². The molecule has 0 aromatic carbocycles. The van der Waals surface area contributed by atoms with E-state index in [0.717, 1.165) is 5.76 Å². The lowest BCUT2D eigenvalue weighted by Gasteiger charge is -2.11.